The van der Waals surface area contributed by atoms with Crippen molar-refractivity contribution in [3.63, 3.8) is 0 Å². The Morgan fingerprint density at radius 3 is 2.50 bits per heavy atom. The summed E-state index contributed by atoms with van der Waals surface area (Å²) < 4.78 is 8.43. The summed E-state index contributed by atoms with van der Waals surface area (Å²) in [5, 5.41) is 11.4. The van der Waals surface area contributed by atoms with E-state index in [1.807, 2.05) is 79.7 Å². The highest BCUT2D eigenvalue weighted by atomic mass is 16.5. The molecule has 0 aliphatic heterocycles. The minimum atomic E-state index is -0.374. The van der Waals surface area contributed by atoms with Gasteiger partial charge in [0, 0.05) is 12.1 Å². The molecule has 2 aromatic heterocycles. The lowest BCUT2D eigenvalue weighted by atomic mass is 10.1. The number of ether oxygens (including phenoxy) is 1. The van der Waals surface area contributed by atoms with E-state index in [0.717, 1.165) is 28.0 Å². The average molecular weight is 454 g/mol. The van der Waals surface area contributed by atoms with Gasteiger partial charge in [-0.05, 0) is 36.8 Å². The Hall–Kier alpha value is -4.46. The molecule has 8 heteroatoms. The standard InChI is InChI=1S/C26H23N5O3/c1-17-10-12-19(13-11-17)24-28-29-25-26(33)30(21-8-3-4-9-22(21)31(24)25)16-23(32)27-15-18-6-5-7-20(14-18)34-2/h3-14H,15-16H2,1-2H3,(H,27,32). The number of amides is 1. The van der Waals surface area contributed by atoms with E-state index >= 15 is 0 Å². The SMILES string of the molecule is COc1cccc(CNC(=O)Cn2c(=O)c3nnc(-c4ccc(C)cc4)n3c3ccccc32)c1. The number of aryl methyl sites for hydroxylation is 1. The number of nitrogens with one attached hydrogen (secondary N) is 1. The number of benzene rings is 3. The molecule has 0 bridgehead atoms. The fourth-order valence-corrected chi connectivity index (χ4v) is 3.99. The minimum absolute atomic E-state index is 0.132. The van der Waals surface area contributed by atoms with Crippen molar-refractivity contribution in [2.75, 3.05) is 7.11 Å². The van der Waals surface area contributed by atoms with Gasteiger partial charge >= 0.3 is 0 Å². The van der Waals surface area contributed by atoms with Crippen LogP contribution in [-0.2, 0) is 17.9 Å². The number of nitrogens with zero attached hydrogens (tertiary/aromatic N) is 4. The molecule has 8 nitrogen and oxygen atoms in total. The Balaban J connectivity index is 1.51. The van der Waals surface area contributed by atoms with Crippen molar-refractivity contribution in [2.24, 2.45) is 0 Å². The summed E-state index contributed by atoms with van der Waals surface area (Å²) in [6, 6.07) is 22.8. The molecule has 1 N–H and O–H groups in total. The van der Waals surface area contributed by atoms with Crippen molar-refractivity contribution in [2.45, 2.75) is 20.0 Å². The molecule has 0 saturated heterocycles. The van der Waals surface area contributed by atoms with Crippen LogP contribution in [0.5, 0.6) is 5.75 Å². The summed E-state index contributed by atoms with van der Waals surface area (Å²) in [7, 11) is 1.60. The van der Waals surface area contributed by atoms with Gasteiger partial charge in [-0.25, -0.2) is 0 Å². The number of carbonyl (C=O) groups excluding carboxylic acids is 1. The molecule has 0 saturated carbocycles. The third-order valence-corrected chi connectivity index (χ3v) is 5.75. The maximum Gasteiger partial charge on any atom is 0.297 e. The zero-order valence-corrected chi connectivity index (χ0v) is 18.9. The van der Waals surface area contributed by atoms with Crippen LogP contribution in [0.25, 0.3) is 28.1 Å². The van der Waals surface area contributed by atoms with Crippen molar-refractivity contribution >= 4 is 22.6 Å². The molecule has 0 aliphatic rings. The monoisotopic (exact) mass is 453 g/mol. The molecule has 3 aromatic carbocycles. The van der Waals surface area contributed by atoms with E-state index < -0.39 is 0 Å². The fraction of sp³-hybridized carbons (Fsp3) is 0.154. The Kier molecular flexibility index (Phi) is 5.55. The van der Waals surface area contributed by atoms with Crippen molar-refractivity contribution in [3.05, 3.63) is 94.3 Å². The molecule has 0 atom stereocenters. The van der Waals surface area contributed by atoms with Crippen molar-refractivity contribution < 1.29 is 9.53 Å². The smallest absolute Gasteiger partial charge is 0.297 e. The van der Waals surface area contributed by atoms with Gasteiger partial charge in [0.2, 0.25) is 11.6 Å². The number of hydrogen-bond donors (Lipinski definition) is 1. The summed E-state index contributed by atoms with van der Waals surface area (Å²) >= 11 is 0. The van der Waals surface area contributed by atoms with Gasteiger partial charge in [-0.3, -0.25) is 18.6 Å². The van der Waals surface area contributed by atoms with Crippen LogP contribution in [0.2, 0.25) is 0 Å². The number of carbonyl (C=O) groups is 1. The number of aromatic nitrogens is 4. The maximum atomic E-state index is 13.4. The first kappa shape index (κ1) is 21.4. The normalized spacial score (nSPS) is 11.1. The van der Waals surface area contributed by atoms with Crippen LogP contribution in [0.4, 0.5) is 0 Å². The van der Waals surface area contributed by atoms with E-state index in [1.54, 1.807) is 11.5 Å². The quantitative estimate of drug-likeness (QED) is 0.426. The first-order valence-corrected chi connectivity index (χ1v) is 10.9. The summed E-state index contributed by atoms with van der Waals surface area (Å²) in [5.41, 5.74) is 4.07. The molecule has 0 aliphatic carbocycles. The molecule has 34 heavy (non-hydrogen) atoms. The van der Waals surface area contributed by atoms with E-state index in [-0.39, 0.29) is 23.7 Å². The second-order valence-electron chi connectivity index (χ2n) is 8.06. The highest BCUT2D eigenvalue weighted by Gasteiger charge is 2.18. The largest absolute Gasteiger partial charge is 0.497 e. The molecule has 170 valence electrons. The zero-order valence-electron chi connectivity index (χ0n) is 18.9. The van der Waals surface area contributed by atoms with Gasteiger partial charge in [0.15, 0.2) is 5.82 Å². The number of rotatable bonds is 6. The lowest BCUT2D eigenvalue weighted by Gasteiger charge is -2.13. The zero-order chi connectivity index (χ0) is 23.7. The van der Waals surface area contributed by atoms with Gasteiger partial charge in [-0.1, -0.05) is 54.1 Å². The van der Waals surface area contributed by atoms with Gasteiger partial charge in [0.05, 0.1) is 18.1 Å². The van der Waals surface area contributed by atoms with Crippen molar-refractivity contribution in [1.29, 1.82) is 0 Å². The third-order valence-electron chi connectivity index (χ3n) is 5.75. The molecule has 0 radical (unpaired) electrons. The Bertz CT molecular complexity index is 1570. The summed E-state index contributed by atoms with van der Waals surface area (Å²) in [5.74, 6) is 1.02. The number of methoxy groups -OCH3 is 1. The topological polar surface area (TPSA) is 90.5 Å². The molecule has 2 heterocycles. The van der Waals surface area contributed by atoms with Gasteiger partial charge < -0.3 is 10.1 Å². The summed E-state index contributed by atoms with van der Waals surface area (Å²) in [6.45, 7) is 2.21. The number of para-hydroxylation sites is 2. The average Bonchev–Trinajstić information content (AvgIpc) is 3.31. The van der Waals surface area contributed by atoms with Crippen LogP contribution < -0.4 is 15.6 Å². The highest BCUT2D eigenvalue weighted by molar-refractivity contribution is 5.83. The van der Waals surface area contributed by atoms with Crippen LogP contribution >= 0.6 is 0 Å². The third kappa shape index (κ3) is 3.90. The Morgan fingerprint density at radius 1 is 0.971 bits per heavy atom. The minimum Gasteiger partial charge on any atom is -0.497 e. The Labute approximate surface area is 195 Å². The van der Waals surface area contributed by atoms with Crippen molar-refractivity contribution in [1.82, 2.24) is 24.5 Å². The molecule has 0 unspecified atom stereocenters. The predicted molar refractivity (Wildman–Crippen MR) is 130 cm³/mol. The fourth-order valence-electron chi connectivity index (χ4n) is 3.99. The lowest BCUT2D eigenvalue weighted by molar-refractivity contribution is -0.121. The van der Waals surface area contributed by atoms with Crippen molar-refractivity contribution in [3.8, 4) is 17.1 Å². The van der Waals surface area contributed by atoms with E-state index in [2.05, 4.69) is 15.5 Å². The van der Waals surface area contributed by atoms with E-state index in [4.69, 9.17) is 4.74 Å². The molecular formula is C26H23N5O3. The van der Waals surface area contributed by atoms with E-state index in [9.17, 15) is 9.59 Å². The van der Waals surface area contributed by atoms with Crippen LogP contribution in [0.3, 0.4) is 0 Å². The predicted octanol–water partition coefficient (Wildman–Crippen LogP) is 3.34. The van der Waals surface area contributed by atoms with Crippen LogP contribution in [0, 0.1) is 6.92 Å². The van der Waals surface area contributed by atoms with Gasteiger partial charge in [0.1, 0.15) is 12.3 Å². The van der Waals surface area contributed by atoms with Crippen LogP contribution in [0.15, 0.2) is 77.6 Å². The van der Waals surface area contributed by atoms with E-state index in [0.29, 0.717) is 17.9 Å². The maximum absolute atomic E-state index is 13.4. The first-order chi connectivity index (χ1) is 16.5. The van der Waals surface area contributed by atoms with E-state index in [1.165, 1.54) is 4.57 Å². The number of fused-ring (bicyclic) bond motifs is 3. The summed E-state index contributed by atoms with van der Waals surface area (Å²) in [6.07, 6.45) is 0. The molecule has 5 aromatic rings. The second kappa shape index (κ2) is 8.82. The second-order valence-corrected chi connectivity index (χ2v) is 8.06. The molecule has 1 amide bonds. The van der Waals surface area contributed by atoms with Crippen LogP contribution in [-0.4, -0.2) is 32.2 Å². The summed E-state index contributed by atoms with van der Waals surface area (Å²) in [4.78, 5) is 26.2. The number of hydrogen-bond acceptors (Lipinski definition) is 5. The molecule has 5 rings (SSSR count). The molecule has 0 fully saturated rings. The van der Waals surface area contributed by atoms with Crippen LogP contribution in [0.1, 0.15) is 11.1 Å². The van der Waals surface area contributed by atoms with Gasteiger partial charge in [-0.15, -0.1) is 10.2 Å². The highest BCUT2D eigenvalue weighted by Crippen LogP contribution is 2.22. The lowest BCUT2D eigenvalue weighted by Crippen LogP contribution is -2.33. The van der Waals surface area contributed by atoms with Gasteiger partial charge in [-0.2, -0.15) is 0 Å². The van der Waals surface area contributed by atoms with Gasteiger partial charge in [0.25, 0.3) is 5.56 Å². The first-order valence-electron chi connectivity index (χ1n) is 10.9. The molecular weight excluding hydrogens is 430 g/mol. The molecule has 0 spiro atoms. The Morgan fingerprint density at radius 2 is 1.74 bits per heavy atom.